The first-order chi connectivity index (χ1) is 43.7. The molecule has 496 valence electrons. The smallest absolute Gasteiger partial charge is 0.410 e. The fourth-order valence-electron chi connectivity index (χ4n) is 9.81. The first-order valence-electron chi connectivity index (χ1n) is 30.0. The molecule has 3 fully saturated rings. The number of benzene rings is 6. The van der Waals surface area contributed by atoms with Crippen LogP contribution in [0.1, 0.15) is 63.8 Å². The molecule has 0 radical (unpaired) electrons. The Kier molecular flexibility index (Phi) is 25.6. The van der Waals surface area contributed by atoms with Gasteiger partial charge in [0, 0.05) is 51.2 Å². The molecule has 0 saturated carbocycles. The van der Waals surface area contributed by atoms with Crippen molar-refractivity contribution in [1.82, 2.24) is 29.9 Å². The molecule has 4 atom stereocenters. The normalized spacial score (nSPS) is 16.6. The molecule has 0 aromatic heterocycles. The second-order valence-electron chi connectivity index (χ2n) is 23.1. The number of hydrogen-bond donors (Lipinski definition) is 6. The maximum absolute atomic E-state index is 13.9. The van der Waals surface area contributed by atoms with Gasteiger partial charge in [-0.2, -0.15) is 8.61 Å². The predicted molar refractivity (Wildman–Crippen MR) is 336 cm³/mol. The van der Waals surface area contributed by atoms with Crippen molar-refractivity contribution in [2.45, 2.75) is 100 Å². The van der Waals surface area contributed by atoms with Crippen LogP contribution >= 0.6 is 0 Å². The van der Waals surface area contributed by atoms with E-state index < -0.39 is 91.7 Å². The topological polar surface area (TPSA) is 287 Å². The summed E-state index contributed by atoms with van der Waals surface area (Å²) in [5.74, 6) is -2.59. The first-order valence-corrected chi connectivity index (χ1v) is 32.9. The number of nitrogens with zero attached hydrogens (tertiary/aromatic N) is 2. The van der Waals surface area contributed by atoms with E-state index in [1.807, 2.05) is 88.4 Å². The van der Waals surface area contributed by atoms with Gasteiger partial charge in [0.1, 0.15) is 35.2 Å². The highest BCUT2D eigenvalue weighted by atomic mass is 32.2. The molecule has 3 saturated heterocycles. The molecule has 3 heterocycles. The summed E-state index contributed by atoms with van der Waals surface area (Å²) < 4.78 is 118. The van der Waals surface area contributed by atoms with Gasteiger partial charge in [0.05, 0.1) is 49.2 Å². The van der Waals surface area contributed by atoms with Crippen LogP contribution in [0.2, 0.25) is 0 Å². The van der Waals surface area contributed by atoms with Crippen molar-refractivity contribution in [2.24, 2.45) is 11.8 Å². The third-order valence-corrected chi connectivity index (χ3v) is 18.1. The molecule has 0 spiro atoms. The minimum absolute atomic E-state index is 0.0255. The number of hydrogen-bond acceptors (Lipinski definition) is 16. The van der Waals surface area contributed by atoms with E-state index in [0.717, 1.165) is 37.3 Å². The standard InChI is InChI=1S/2C31H35FN2O8S.C4H10N2/c2*1-21(2)18-40-22(3)41-30(37)33-28(29(35)36)16-23-9-7-14-27(15-23)43(38,39)34-19-31(20-34,24-10-5-4-6-11-24)42-26-13-8-12-25(32)17-26;1-2-6-4-3-5-1/h2*4-15,17,21-22,28H,16,18-20H2,1-3H3,(H,33,37)(H,35,36);5-6H,1-4H2/t2*22-,28-;/m00./s1. The van der Waals surface area contributed by atoms with Gasteiger partial charge in [-0.15, -0.1) is 0 Å². The largest absolute Gasteiger partial charge is 0.480 e. The van der Waals surface area contributed by atoms with Crippen LogP contribution in [0.3, 0.4) is 0 Å². The van der Waals surface area contributed by atoms with Crippen molar-refractivity contribution < 1.29 is 83.4 Å². The first kappa shape index (κ1) is 71.4. The van der Waals surface area contributed by atoms with Crippen LogP contribution in [-0.2, 0) is 72.6 Å². The maximum Gasteiger partial charge on any atom is 0.410 e. The van der Waals surface area contributed by atoms with E-state index in [9.17, 15) is 55.0 Å². The van der Waals surface area contributed by atoms with Crippen molar-refractivity contribution in [3.63, 3.8) is 0 Å². The van der Waals surface area contributed by atoms with Gasteiger partial charge in [-0.25, -0.2) is 44.8 Å². The number of aliphatic carboxylic acids is 2. The lowest BCUT2D eigenvalue weighted by Crippen LogP contribution is -2.64. The molecule has 3 aliphatic rings. The highest BCUT2D eigenvalue weighted by molar-refractivity contribution is 7.89. The monoisotopic (exact) mass is 1310 g/mol. The molecule has 6 aromatic carbocycles. The minimum atomic E-state index is -4.01. The van der Waals surface area contributed by atoms with E-state index in [2.05, 4.69) is 21.3 Å². The number of halogens is 2. The Balaban J connectivity index is 0.000000239. The Hall–Kier alpha value is -8.08. The molecule has 2 amide bonds. The van der Waals surface area contributed by atoms with E-state index in [4.69, 9.17) is 28.4 Å². The quantitative estimate of drug-likeness (QED) is 0.0279. The van der Waals surface area contributed by atoms with Gasteiger partial charge in [0.15, 0.2) is 11.2 Å². The van der Waals surface area contributed by atoms with Crippen molar-refractivity contribution in [3.8, 4) is 11.5 Å². The fourth-order valence-corrected chi connectivity index (χ4v) is 13.0. The van der Waals surface area contributed by atoms with Gasteiger partial charge < -0.3 is 59.9 Å². The summed E-state index contributed by atoms with van der Waals surface area (Å²) in [4.78, 5) is 48.3. The lowest BCUT2D eigenvalue weighted by atomic mass is 9.87. The molecule has 0 unspecified atom stereocenters. The number of ether oxygens (including phenoxy) is 6. The highest BCUT2D eigenvalue weighted by Crippen LogP contribution is 2.42. The zero-order valence-electron chi connectivity index (χ0n) is 52.0. The number of rotatable bonds is 26. The molecule has 6 N–H and O–H groups in total. The number of piperazine rings is 1. The molecule has 92 heavy (non-hydrogen) atoms. The number of nitrogens with one attached hydrogen (secondary N) is 4. The fraction of sp³-hybridized carbons (Fsp3) is 0.394. The van der Waals surface area contributed by atoms with E-state index in [1.54, 1.807) is 24.3 Å². The molecule has 26 heteroatoms. The van der Waals surface area contributed by atoms with E-state index in [-0.39, 0.29) is 72.1 Å². The lowest BCUT2D eigenvalue weighted by molar-refractivity contribution is -0.140. The van der Waals surface area contributed by atoms with E-state index >= 15 is 0 Å². The number of sulfonamides is 2. The Morgan fingerprint density at radius 1 is 0.500 bits per heavy atom. The second kappa shape index (κ2) is 33.0. The Morgan fingerprint density at radius 3 is 1.16 bits per heavy atom. The van der Waals surface area contributed by atoms with Crippen molar-refractivity contribution in [2.75, 3.05) is 65.6 Å². The molecule has 9 rings (SSSR count). The molecular weight excluding hydrogens is 1230 g/mol. The van der Waals surface area contributed by atoms with Crippen molar-refractivity contribution in [1.29, 1.82) is 0 Å². The minimum Gasteiger partial charge on any atom is -0.480 e. The van der Waals surface area contributed by atoms with Crippen LogP contribution in [0.25, 0.3) is 0 Å². The number of carbonyl (C=O) groups excluding carboxylic acids is 2. The molecule has 6 aromatic rings. The van der Waals surface area contributed by atoms with Gasteiger partial charge >= 0.3 is 24.1 Å². The van der Waals surface area contributed by atoms with E-state index in [0.29, 0.717) is 24.3 Å². The summed E-state index contributed by atoms with van der Waals surface area (Å²) in [7, 11) is -8.02. The Morgan fingerprint density at radius 2 is 0.848 bits per heavy atom. The summed E-state index contributed by atoms with van der Waals surface area (Å²) in [5, 5.41) is 30.4. The van der Waals surface area contributed by atoms with Gasteiger partial charge in [0.25, 0.3) is 0 Å². The molecule has 3 aliphatic heterocycles. The summed E-state index contributed by atoms with van der Waals surface area (Å²) >= 11 is 0. The van der Waals surface area contributed by atoms with Crippen LogP contribution in [0, 0.1) is 23.5 Å². The SMILES string of the molecule is C1CNCCN1.CC(C)CO[C@H](C)OC(=O)N[C@@H](Cc1cccc(S(=O)(=O)N2CC(Oc3cccc(F)c3)(c3ccccc3)C2)c1)C(=O)O.CC(C)CO[C@H](C)OC(=O)N[C@@H](Cc1cccc(S(=O)(=O)N2CC(Oc3cccc(F)c3)(c3ccccc3)C2)c1)C(=O)O. The number of alkyl carbamates (subject to hydrolysis) is 2. The van der Waals surface area contributed by atoms with Crippen LogP contribution < -0.4 is 30.7 Å². The Labute approximate surface area is 535 Å². The van der Waals surface area contributed by atoms with Crippen LogP contribution in [0.15, 0.2) is 168 Å². The van der Waals surface area contributed by atoms with Crippen LogP contribution in [0.5, 0.6) is 11.5 Å². The zero-order valence-corrected chi connectivity index (χ0v) is 53.7. The molecular formula is C66H80F2N6O16S2. The average Bonchev–Trinajstić information content (AvgIpc) is 0.741. The lowest BCUT2D eigenvalue weighted by Gasteiger charge is -2.48. The summed E-state index contributed by atoms with van der Waals surface area (Å²) in [6.45, 7) is 16.0. The Bertz CT molecular complexity index is 3390. The predicted octanol–water partition coefficient (Wildman–Crippen LogP) is 8.27. The van der Waals surface area contributed by atoms with Gasteiger partial charge in [0.2, 0.25) is 32.6 Å². The number of carbonyl (C=O) groups is 4. The van der Waals surface area contributed by atoms with E-state index in [1.165, 1.54) is 95.3 Å². The number of amides is 2. The van der Waals surface area contributed by atoms with Crippen LogP contribution in [0.4, 0.5) is 18.4 Å². The van der Waals surface area contributed by atoms with Gasteiger partial charge in [-0.1, -0.05) is 125 Å². The van der Waals surface area contributed by atoms with Crippen LogP contribution in [-0.4, -0.2) is 150 Å². The maximum atomic E-state index is 13.9. The van der Waals surface area contributed by atoms with Gasteiger partial charge in [-0.3, -0.25) is 0 Å². The summed E-state index contributed by atoms with van der Waals surface area (Å²) in [5.41, 5.74) is 0.173. The summed E-state index contributed by atoms with van der Waals surface area (Å²) in [6.07, 6.45) is -4.08. The average molecular weight is 1320 g/mol. The van der Waals surface area contributed by atoms with Crippen molar-refractivity contribution in [3.05, 3.63) is 192 Å². The third kappa shape index (κ3) is 20.5. The molecule has 0 aliphatic carbocycles. The van der Waals surface area contributed by atoms with Crippen molar-refractivity contribution >= 4 is 44.2 Å². The highest BCUT2D eigenvalue weighted by Gasteiger charge is 2.53. The number of carboxylic acid groups (broad SMARTS) is 2. The van der Waals surface area contributed by atoms with Gasteiger partial charge in [-0.05, 0) is 96.5 Å². The second-order valence-corrected chi connectivity index (χ2v) is 26.9. The zero-order chi connectivity index (χ0) is 66.6. The molecule has 22 nitrogen and oxygen atoms in total. The number of carboxylic acids is 2. The third-order valence-electron chi connectivity index (χ3n) is 14.5. The summed E-state index contributed by atoms with van der Waals surface area (Å²) in [6, 6.07) is 38.5. The molecule has 0 bridgehead atoms.